The van der Waals surface area contributed by atoms with Gasteiger partial charge < -0.3 is 10.5 Å². The third kappa shape index (κ3) is 5.51. The fourth-order valence-corrected chi connectivity index (χ4v) is 2.66. The number of amides is 1. The number of benzene rings is 3. The molecule has 0 saturated heterocycles. The van der Waals surface area contributed by atoms with Gasteiger partial charge in [-0.25, -0.2) is 0 Å². The molecule has 0 unspecified atom stereocenters. The number of nitrogens with one attached hydrogen (secondary N) is 2. The molecule has 3 N–H and O–H groups in total. The number of hydrazone groups is 1. The summed E-state index contributed by atoms with van der Waals surface area (Å²) in [6.07, 6.45) is 0. The van der Waals surface area contributed by atoms with Crippen molar-refractivity contribution in [1.29, 1.82) is 0 Å². The van der Waals surface area contributed by atoms with Crippen LogP contribution in [-0.2, 0) is 4.79 Å². The van der Waals surface area contributed by atoms with Crippen molar-refractivity contribution in [2.45, 2.75) is 6.92 Å². The molecule has 31 heavy (non-hydrogen) atoms. The van der Waals surface area contributed by atoms with Gasteiger partial charge in [-0.05, 0) is 43.3 Å². The van der Waals surface area contributed by atoms with Gasteiger partial charge in [-0.3, -0.25) is 20.3 Å². The second-order valence-electron chi connectivity index (χ2n) is 6.51. The molecule has 0 fully saturated rings. The van der Waals surface area contributed by atoms with Crippen LogP contribution in [0.3, 0.4) is 0 Å². The fraction of sp³-hybridized carbons (Fsp3) is 0.0455. The standard InChI is InChI=1S/C22H19N5O4/c1-15-7-11-17(12-8-15)23-22(28)21(26-29)20(25-24-18-5-3-2-4-6-18)16-9-13-19(14-10-16)27(30)31/h2-14,24,29H,1H3,(H,23,28)/b25-20-,26-21-. The van der Waals surface area contributed by atoms with Gasteiger partial charge in [0.2, 0.25) is 0 Å². The Morgan fingerprint density at radius 3 is 2.16 bits per heavy atom. The minimum atomic E-state index is -0.696. The van der Waals surface area contributed by atoms with Crippen LogP contribution < -0.4 is 10.7 Å². The Labute approximate surface area is 177 Å². The number of oxime groups is 1. The molecular formula is C22H19N5O4. The fourth-order valence-electron chi connectivity index (χ4n) is 2.66. The van der Waals surface area contributed by atoms with E-state index < -0.39 is 10.8 Å². The van der Waals surface area contributed by atoms with E-state index in [-0.39, 0.29) is 17.1 Å². The quantitative estimate of drug-likeness (QED) is 0.230. The molecule has 3 rings (SSSR count). The van der Waals surface area contributed by atoms with E-state index in [1.807, 2.05) is 25.1 Å². The third-order valence-electron chi connectivity index (χ3n) is 4.27. The Bertz CT molecular complexity index is 1120. The predicted molar refractivity (Wildman–Crippen MR) is 119 cm³/mol. The molecule has 9 nitrogen and oxygen atoms in total. The average molecular weight is 417 g/mol. The molecule has 0 aliphatic heterocycles. The van der Waals surface area contributed by atoms with Crippen LogP contribution in [-0.4, -0.2) is 27.5 Å². The first-order valence-electron chi connectivity index (χ1n) is 9.22. The summed E-state index contributed by atoms with van der Waals surface area (Å²) in [6.45, 7) is 1.92. The maximum atomic E-state index is 12.8. The lowest BCUT2D eigenvalue weighted by Gasteiger charge is -2.11. The molecule has 0 saturated carbocycles. The molecular weight excluding hydrogens is 398 g/mol. The molecule has 0 bridgehead atoms. The van der Waals surface area contributed by atoms with E-state index in [2.05, 4.69) is 21.0 Å². The van der Waals surface area contributed by atoms with E-state index in [1.165, 1.54) is 24.3 Å². The van der Waals surface area contributed by atoms with Gasteiger partial charge in [0.25, 0.3) is 11.6 Å². The molecule has 0 heterocycles. The molecule has 0 aromatic heterocycles. The van der Waals surface area contributed by atoms with Crippen LogP contribution in [0.2, 0.25) is 0 Å². The average Bonchev–Trinajstić information content (AvgIpc) is 2.79. The van der Waals surface area contributed by atoms with Gasteiger partial charge in [0.1, 0.15) is 5.71 Å². The van der Waals surface area contributed by atoms with E-state index in [0.717, 1.165) is 5.56 Å². The molecule has 1 amide bonds. The first-order valence-corrected chi connectivity index (χ1v) is 9.22. The van der Waals surface area contributed by atoms with Crippen molar-refractivity contribution < 1.29 is 14.9 Å². The van der Waals surface area contributed by atoms with E-state index in [1.54, 1.807) is 36.4 Å². The number of carbonyl (C=O) groups excluding carboxylic acids is 1. The van der Waals surface area contributed by atoms with E-state index in [4.69, 9.17) is 0 Å². The van der Waals surface area contributed by atoms with Crippen molar-refractivity contribution in [3.63, 3.8) is 0 Å². The smallest absolute Gasteiger partial charge is 0.280 e. The van der Waals surface area contributed by atoms with E-state index in [9.17, 15) is 20.1 Å². The summed E-state index contributed by atoms with van der Waals surface area (Å²) in [5.41, 5.74) is 4.84. The van der Waals surface area contributed by atoms with Gasteiger partial charge in [0.05, 0.1) is 10.6 Å². The summed E-state index contributed by atoms with van der Waals surface area (Å²) in [5, 5.41) is 30.6. The molecule has 3 aromatic carbocycles. The van der Waals surface area contributed by atoms with Crippen LogP contribution in [0.15, 0.2) is 89.1 Å². The Hall–Kier alpha value is -4.53. The van der Waals surface area contributed by atoms with Crippen LogP contribution >= 0.6 is 0 Å². The van der Waals surface area contributed by atoms with Crippen molar-refractivity contribution in [3.8, 4) is 0 Å². The number of nitrogens with zero attached hydrogens (tertiary/aromatic N) is 3. The third-order valence-corrected chi connectivity index (χ3v) is 4.27. The molecule has 0 atom stereocenters. The predicted octanol–water partition coefficient (Wildman–Crippen LogP) is 4.19. The van der Waals surface area contributed by atoms with E-state index >= 15 is 0 Å². The number of carbonyl (C=O) groups is 1. The van der Waals surface area contributed by atoms with Crippen molar-refractivity contribution in [1.82, 2.24) is 0 Å². The number of anilines is 2. The summed E-state index contributed by atoms with van der Waals surface area (Å²) in [6, 6.07) is 21.5. The first-order chi connectivity index (χ1) is 15.0. The van der Waals surface area contributed by atoms with Gasteiger partial charge in [-0.2, -0.15) is 5.10 Å². The summed E-state index contributed by atoms with van der Waals surface area (Å²) in [7, 11) is 0. The highest BCUT2D eigenvalue weighted by Crippen LogP contribution is 2.15. The molecule has 0 spiro atoms. The zero-order chi connectivity index (χ0) is 22.2. The summed E-state index contributed by atoms with van der Waals surface area (Å²) in [4.78, 5) is 23.2. The lowest BCUT2D eigenvalue weighted by molar-refractivity contribution is -0.384. The lowest BCUT2D eigenvalue weighted by Crippen LogP contribution is -2.31. The Kier molecular flexibility index (Phi) is 6.69. The Balaban J connectivity index is 1.95. The topological polar surface area (TPSA) is 129 Å². The Morgan fingerprint density at radius 2 is 1.58 bits per heavy atom. The van der Waals surface area contributed by atoms with Crippen LogP contribution in [0, 0.1) is 17.0 Å². The molecule has 9 heteroatoms. The maximum absolute atomic E-state index is 12.8. The first kappa shape index (κ1) is 21.2. The van der Waals surface area contributed by atoms with Gasteiger partial charge in [0.15, 0.2) is 5.71 Å². The summed E-state index contributed by atoms with van der Waals surface area (Å²) < 4.78 is 0. The Morgan fingerprint density at radius 1 is 0.935 bits per heavy atom. The number of hydrogen-bond donors (Lipinski definition) is 3. The monoisotopic (exact) mass is 417 g/mol. The number of hydrogen-bond acceptors (Lipinski definition) is 7. The van der Waals surface area contributed by atoms with Gasteiger partial charge in [-0.1, -0.05) is 41.1 Å². The second-order valence-corrected chi connectivity index (χ2v) is 6.51. The molecule has 0 radical (unpaired) electrons. The summed E-state index contributed by atoms with van der Waals surface area (Å²) in [5.74, 6) is -0.696. The minimum absolute atomic E-state index is 0.00543. The maximum Gasteiger partial charge on any atom is 0.280 e. The number of nitro benzene ring substituents is 1. The van der Waals surface area contributed by atoms with Gasteiger partial charge >= 0.3 is 0 Å². The van der Waals surface area contributed by atoms with Crippen LogP contribution in [0.4, 0.5) is 17.1 Å². The second kappa shape index (κ2) is 9.79. The molecule has 156 valence electrons. The molecule has 0 aliphatic rings. The number of non-ortho nitro benzene ring substituents is 1. The van der Waals surface area contributed by atoms with Gasteiger partial charge in [0, 0.05) is 23.4 Å². The minimum Gasteiger partial charge on any atom is -0.410 e. The van der Waals surface area contributed by atoms with Crippen LogP contribution in [0.1, 0.15) is 11.1 Å². The largest absolute Gasteiger partial charge is 0.410 e. The lowest BCUT2D eigenvalue weighted by atomic mass is 10.0. The highest BCUT2D eigenvalue weighted by Gasteiger charge is 2.22. The van der Waals surface area contributed by atoms with Crippen molar-refractivity contribution >= 4 is 34.4 Å². The number of nitro groups is 1. The number of para-hydroxylation sites is 1. The highest BCUT2D eigenvalue weighted by atomic mass is 16.6. The molecule has 3 aromatic rings. The molecule has 0 aliphatic carbocycles. The van der Waals surface area contributed by atoms with Crippen LogP contribution in [0.5, 0.6) is 0 Å². The number of rotatable bonds is 7. The highest BCUT2D eigenvalue weighted by molar-refractivity contribution is 6.71. The van der Waals surface area contributed by atoms with E-state index in [0.29, 0.717) is 16.9 Å². The summed E-state index contributed by atoms with van der Waals surface area (Å²) >= 11 is 0. The van der Waals surface area contributed by atoms with Crippen molar-refractivity contribution in [2.75, 3.05) is 10.7 Å². The SMILES string of the molecule is Cc1ccc(NC(=O)C(=N\O)/C(=N\Nc2ccccc2)c2ccc([N+](=O)[O-])cc2)cc1. The number of aryl methyl sites for hydroxylation is 1. The normalized spacial score (nSPS) is 11.6. The van der Waals surface area contributed by atoms with Crippen molar-refractivity contribution in [2.24, 2.45) is 10.3 Å². The zero-order valence-electron chi connectivity index (χ0n) is 16.5. The van der Waals surface area contributed by atoms with Crippen LogP contribution in [0.25, 0.3) is 0 Å². The zero-order valence-corrected chi connectivity index (χ0v) is 16.5. The van der Waals surface area contributed by atoms with Crippen molar-refractivity contribution in [3.05, 3.63) is 100 Å². The van der Waals surface area contributed by atoms with Gasteiger partial charge in [-0.15, -0.1) is 0 Å².